The first-order valence-electron chi connectivity index (χ1n) is 9.19. The molecule has 1 saturated heterocycles. The summed E-state index contributed by atoms with van der Waals surface area (Å²) >= 11 is 7.41. The van der Waals surface area contributed by atoms with Crippen LogP contribution in [0, 0.1) is 0 Å². The summed E-state index contributed by atoms with van der Waals surface area (Å²) in [4.78, 5) is 29.2. The van der Waals surface area contributed by atoms with Crippen molar-refractivity contribution in [1.82, 2.24) is 15.0 Å². The van der Waals surface area contributed by atoms with Crippen LogP contribution in [0.2, 0.25) is 4.34 Å². The quantitative estimate of drug-likeness (QED) is 0.664. The van der Waals surface area contributed by atoms with E-state index in [9.17, 15) is 9.59 Å². The van der Waals surface area contributed by atoms with Crippen molar-refractivity contribution in [2.45, 2.75) is 13.3 Å². The highest BCUT2D eigenvalue weighted by atomic mass is 35.5. The summed E-state index contributed by atoms with van der Waals surface area (Å²) in [5, 5.41) is 6.87. The molecule has 1 aliphatic rings. The Hall–Kier alpha value is -2.78. The standard InChI is InChI=1S/C19H19ClN4O4S/c1-2-12-16(14-5-6-15(20)29-14)28-22-17(12)21-19(26)24-9-7-23(8-10-24)18(25)13-4-3-11-27-13/h3-6,11H,2,7-10H2,1H3,(H,21,22,26). The van der Waals surface area contributed by atoms with Gasteiger partial charge in [-0.05, 0) is 30.7 Å². The second-order valence-corrected chi connectivity index (χ2v) is 8.20. The molecule has 29 heavy (non-hydrogen) atoms. The molecule has 4 heterocycles. The molecule has 3 aromatic rings. The number of hydrogen-bond acceptors (Lipinski definition) is 6. The number of furan rings is 1. The Kier molecular flexibility index (Phi) is 5.59. The number of rotatable bonds is 4. The summed E-state index contributed by atoms with van der Waals surface area (Å²) in [6, 6.07) is 6.71. The molecule has 1 fully saturated rings. The zero-order valence-electron chi connectivity index (χ0n) is 15.7. The second kappa shape index (κ2) is 8.30. The monoisotopic (exact) mass is 434 g/mol. The van der Waals surface area contributed by atoms with E-state index in [1.54, 1.807) is 28.0 Å². The Bertz CT molecular complexity index is 1010. The number of hydrogen-bond donors (Lipinski definition) is 1. The van der Waals surface area contributed by atoms with Gasteiger partial charge >= 0.3 is 6.03 Å². The maximum absolute atomic E-state index is 12.7. The van der Waals surface area contributed by atoms with Crippen molar-refractivity contribution >= 4 is 40.7 Å². The van der Waals surface area contributed by atoms with Crippen LogP contribution in [0.5, 0.6) is 0 Å². The van der Waals surface area contributed by atoms with Gasteiger partial charge in [0.15, 0.2) is 17.3 Å². The van der Waals surface area contributed by atoms with Crippen LogP contribution in [-0.4, -0.2) is 53.1 Å². The topological polar surface area (TPSA) is 91.8 Å². The normalized spacial score (nSPS) is 14.3. The summed E-state index contributed by atoms with van der Waals surface area (Å²) in [5.41, 5.74) is 0.823. The van der Waals surface area contributed by atoms with Crippen LogP contribution in [0.25, 0.3) is 10.6 Å². The van der Waals surface area contributed by atoms with Crippen LogP contribution in [0.4, 0.5) is 10.6 Å². The smallest absolute Gasteiger partial charge is 0.323 e. The highest BCUT2D eigenvalue weighted by Gasteiger charge is 2.27. The summed E-state index contributed by atoms with van der Waals surface area (Å²) in [6.45, 7) is 3.69. The minimum Gasteiger partial charge on any atom is -0.459 e. The van der Waals surface area contributed by atoms with E-state index in [0.717, 1.165) is 10.4 Å². The van der Waals surface area contributed by atoms with Gasteiger partial charge in [-0.3, -0.25) is 10.1 Å². The summed E-state index contributed by atoms with van der Waals surface area (Å²) < 4.78 is 11.3. The minimum atomic E-state index is -0.270. The minimum absolute atomic E-state index is 0.168. The highest BCUT2D eigenvalue weighted by molar-refractivity contribution is 7.19. The SMILES string of the molecule is CCc1c(NC(=O)N2CCN(C(=O)c3ccco3)CC2)noc1-c1ccc(Cl)s1. The Morgan fingerprint density at radius 1 is 1.21 bits per heavy atom. The van der Waals surface area contributed by atoms with E-state index in [0.29, 0.717) is 54.3 Å². The number of carbonyl (C=O) groups excluding carboxylic acids is 2. The fourth-order valence-corrected chi connectivity index (χ4v) is 4.26. The number of aromatic nitrogens is 1. The molecule has 0 aliphatic carbocycles. The Morgan fingerprint density at radius 2 is 1.97 bits per heavy atom. The fourth-order valence-electron chi connectivity index (χ4n) is 3.21. The largest absolute Gasteiger partial charge is 0.459 e. The predicted molar refractivity (Wildman–Crippen MR) is 109 cm³/mol. The van der Waals surface area contributed by atoms with Crippen LogP contribution in [-0.2, 0) is 6.42 Å². The van der Waals surface area contributed by atoms with Crippen LogP contribution < -0.4 is 5.32 Å². The Labute approximate surface area is 176 Å². The Morgan fingerprint density at radius 3 is 2.59 bits per heavy atom. The summed E-state index contributed by atoms with van der Waals surface area (Å²) in [5.74, 6) is 1.16. The van der Waals surface area contributed by atoms with Gasteiger partial charge in [-0.15, -0.1) is 11.3 Å². The lowest BCUT2D eigenvalue weighted by molar-refractivity contribution is 0.0640. The Balaban J connectivity index is 1.39. The molecule has 8 nitrogen and oxygen atoms in total. The van der Waals surface area contributed by atoms with Gasteiger partial charge in [-0.25, -0.2) is 4.79 Å². The van der Waals surface area contributed by atoms with E-state index in [-0.39, 0.29) is 11.9 Å². The van der Waals surface area contributed by atoms with Gasteiger partial charge in [0.25, 0.3) is 5.91 Å². The molecular weight excluding hydrogens is 416 g/mol. The molecule has 1 N–H and O–H groups in total. The molecule has 0 bridgehead atoms. The molecule has 152 valence electrons. The average Bonchev–Trinajstić information content (AvgIpc) is 3.48. The van der Waals surface area contributed by atoms with E-state index in [4.69, 9.17) is 20.5 Å². The lowest BCUT2D eigenvalue weighted by Gasteiger charge is -2.34. The highest BCUT2D eigenvalue weighted by Crippen LogP contribution is 2.36. The lowest BCUT2D eigenvalue weighted by Crippen LogP contribution is -2.51. The van der Waals surface area contributed by atoms with Gasteiger partial charge in [0.2, 0.25) is 0 Å². The van der Waals surface area contributed by atoms with Gasteiger partial charge in [0, 0.05) is 31.7 Å². The zero-order valence-corrected chi connectivity index (χ0v) is 17.3. The zero-order chi connectivity index (χ0) is 20.4. The van der Waals surface area contributed by atoms with Gasteiger partial charge in [0.1, 0.15) is 0 Å². The van der Waals surface area contributed by atoms with Crippen molar-refractivity contribution in [2.24, 2.45) is 0 Å². The molecule has 0 saturated carbocycles. The third-order valence-electron chi connectivity index (χ3n) is 4.75. The van der Waals surface area contributed by atoms with Gasteiger partial charge in [-0.2, -0.15) is 0 Å². The first kappa shape index (κ1) is 19.5. The molecule has 0 unspecified atom stereocenters. The maximum Gasteiger partial charge on any atom is 0.323 e. The molecule has 0 radical (unpaired) electrons. The van der Waals surface area contributed by atoms with Crippen LogP contribution in [0.3, 0.4) is 0 Å². The molecule has 4 rings (SSSR count). The van der Waals surface area contributed by atoms with E-state index in [1.807, 2.05) is 13.0 Å². The molecule has 0 atom stereocenters. The van der Waals surface area contributed by atoms with Crippen LogP contribution in [0.1, 0.15) is 23.0 Å². The number of halogens is 1. The maximum atomic E-state index is 12.7. The average molecular weight is 435 g/mol. The van der Waals surface area contributed by atoms with Crippen LogP contribution in [0.15, 0.2) is 39.5 Å². The summed E-state index contributed by atoms with van der Waals surface area (Å²) in [6.07, 6.45) is 2.12. The van der Waals surface area contributed by atoms with Gasteiger partial charge in [0.05, 0.1) is 15.5 Å². The second-order valence-electron chi connectivity index (χ2n) is 6.48. The first-order chi connectivity index (χ1) is 14.1. The van der Waals surface area contributed by atoms with Crippen molar-refractivity contribution in [3.8, 4) is 10.6 Å². The van der Waals surface area contributed by atoms with Crippen molar-refractivity contribution in [2.75, 3.05) is 31.5 Å². The number of nitrogens with one attached hydrogen (secondary N) is 1. The number of piperazine rings is 1. The van der Waals surface area contributed by atoms with Crippen molar-refractivity contribution < 1.29 is 18.5 Å². The molecule has 10 heteroatoms. The number of thiophene rings is 1. The third kappa shape index (κ3) is 4.01. The number of carbonyl (C=O) groups is 2. The van der Waals surface area contributed by atoms with Gasteiger partial charge in [-0.1, -0.05) is 23.7 Å². The third-order valence-corrected chi connectivity index (χ3v) is 5.98. The first-order valence-corrected chi connectivity index (χ1v) is 10.4. The van der Waals surface area contributed by atoms with E-state index in [2.05, 4.69) is 10.5 Å². The molecular formula is C19H19ClN4O4S. The van der Waals surface area contributed by atoms with Crippen molar-refractivity contribution in [3.05, 3.63) is 46.2 Å². The molecule has 0 spiro atoms. The molecule has 0 aromatic carbocycles. The number of amides is 3. The van der Waals surface area contributed by atoms with Gasteiger partial charge < -0.3 is 18.7 Å². The predicted octanol–water partition coefficient (Wildman–Crippen LogP) is 4.20. The number of anilines is 1. The molecule has 1 aliphatic heterocycles. The molecule has 3 amide bonds. The van der Waals surface area contributed by atoms with Crippen LogP contribution >= 0.6 is 22.9 Å². The van der Waals surface area contributed by atoms with E-state index >= 15 is 0 Å². The van der Waals surface area contributed by atoms with Crippen molar-refractivity contribution in [1.29, 1.82) is 0 Å². The fraction of sp³-hybridized carbons (Fsp3) is 0.316. The van der Waals surface area contributed by atoms with E-state index < -0.39 is 0 Å². The van der Waals surface area contributed by atoms with Crippen molar-refractivity contribution in [3.63, 3.8) is 0 Å². The molecule has 3 aromatic heterocycles. The number of nitrogens with zero attached hydrogens (tertiary/aromatic N) is 3. The number of urea groups is 1. The lowest BCUT2D eigenvalue weighted by atomic mass is 10.1. The summed E-state index contributed by atoms with van der Waals surface area (Å²) in [7, 11) is 0. The van der Waals surface area contributed by atoms with E-state index in [1.165, 1.54) is 17.6 Å².